The van der Waals surface area contributed by atoms with Crippen molar-refractivity contribution in [2.24, 2.45) is 0 Å². The van der Waals surface area contributed by atoms with E-state index in [1.54, 1.807) is 0 Å². The molecule has 3 heterocycles. The molecule has 0 atom stereocenters. The highest BCUT2D eigenvalue weighted by Gasteiger charge is 2.32. The van der Waals surface area contributed by atoms with E-state index in [2.05, 4.69) is 33.1 Å². The Morgan fingerprint density at radius 3 is 2.92 bits per heavy atom. The Kier molecular flexibility index (Phi) is 5.36. The van der Waals surface area contributed by atoms with Gasteiger partial charge in [-0.3, -0.25) is 9.69 Å². The number of hydrogen-bond donors (Lipinski definition) is 0. The number of nitrogens with zero attached hydrogens (tertiary/aromatic N) is 5. The minimum atomic E-state index is 0.218. The molecule has 1 amide bonds. The second kappa shape index (κ2) is 7.88. The van der Waals surface area contributed by atoms with Crippen LogP contribution in [0.15, 0.2) is 6.07 Å². The number of rotatable bonds is 5. The van der Waals surface area contributed by atoms with Crippen LogP contribution in [0.3, 0.4) is 0 Å². The quantitative estimate of drug-likeness (QED) is 0.772. The zero-order valence-corrected chi connectivity index (χ0v) is 15.7. The van der Waals surface area contributed by atoms with Gasteiger partial charge in [0, 0.05) is 38.8 Å². The first-order valence-electron chi connectivity index (χ1n) is 9.87. The molecule has 0 saturated carbocycles. The molecule has 0 spiro atoms. The van der Waals surface area contributed by atoms with E-state index >= 15 is 0 Å². The summed E-state index contributed by atoms with van der Waals surface area (Å²) in [5.74, 6) is 1.24. The zero-order valence-electron chi connectivity index (χ0n) is 15.7. The Balaban J connectivity index is 1.25. The van der Waals surface area contributed by atoms with Gasteiger partial charge in [0.25, 0.3) is 0 Å². The molecule has 1 aromatic heterocycles. The lowest BCUT2D eigenvalue weighted by Gasteiger charge is -2.45. The molecule has 0 unspecified atom stereocenters. The molecule has 2 fully saturated rings. The van der Waals surface area contributed by atoms with Gasteiger partial charge in [-0.2, -0.15) is 5.10 Å². The molecule has 2 saturated heterocycles. The fourth-order valence-electron chi connectivity index (χ4n) is 3.97. The van der Waals surface area contributed by atoms with Gasteiger partial charge in [-0.1, -0.05) is 0 Å². The van der Waals surface area contributed by atoms with Crippen molar-refractivity contribution in [2.75, 3.05) is 57.9 Å². The molecular weight excluding hydrogens is 330 g/mol. The van der Waals surface area contributed by atoms with E-state index in [4.69, 9.17) is 4.74 Å². The van der Waals surface area contributed by atoms with Crippen LogP contribution in [0.5, 0.6) is 0 Å². The molecule has 0 bridgehead atoms. The van der Waals surface area contributed by atoms with Gasteiger partial charge < -0.3 is 14.5 Å². The Bertz CT molecular complexity index is 647. The molecule has 26 heavy (non-hydrogen) atoms. The maximum Gasteiger partial charge on any atom is 0.225 e. The summed E-state index contributed by atoms with van der Waals surface area (Å²) in [5, 5.41) is 8.88. The van der Waals surface area contributed by atoms with Crippen LogP contribution in [-0.2, 0) is 22.4 Å². The third kappa shape index (κ3) is 3.83. The van der Waals surface area contributed by atoms with Gasteiger partial charge in [-0.05, 0) is 44.4 Å². The lowest BCUT2D eigenvalue weighted by Crippen LogP contribution is -2.59. The fourth-order valence-corrected chi connectivity index (χ4v) is 3.97. The number of carbonyl (C=O) groups excluding carboxylic acids is 1. The van der Waals surface area contributed by atoms with Crippen molar-refractivity contribution in [1.29, 1.82) is 0 Å². The van der Waals surface area contributed by atoms with Crippen molar-refractivity contribution in [1.82, 2.24) is 20.0 Å². The van der Waals surface area contributed by atoms with Crippen molar-refractivity contribution in [3.05, 3.63) is 17.3 Å². The third-order valence-electron chi connectivity index (χ3n) is 5.91. The Labute approximate surface area is 155 Å². The number of ether oxygens (including phenoxy) is 1. The first-order valence-corrected chi connectivity index (χ1v) is 9.87. The molecule has 3 aliphatic rings. The SMILES string of the molecule is CN(CCN1CCOCCC1=O)C1CN(c2cc3c(nn2)CCCC3)C1. The average molecular weight is 359 g/mol. The summed E-state index contributed by atoms with van der Waals surface area (Å²) in [7, 11) is 2.15. The predicted molar refractivity (Wildman–Crippen MR) is 99.3 cm³/mol. The van der Waals surface area contributed by atoms with E-state index in [1.807, 2.05) is 4.90 Å². The molecule has 1 aromatic rings. The second-order valence-corrected chi connectivity index (χ2v) is 7.66. The van der Waals surface area contributed by atoms with E-state index in [9.17, 15) is 4.79 Å². The summed E-state index contributed by atoms with van der Waals surface area (Å²) in [6, 6.07) is 2.76. The van der Waals surface area contributed by atoms with Crippen LogP contribution in [0.25, 0.3) is 0 Å². The van der Waals surface area contributed by atoms with Crippen molar-refractivity contribution >= 4 is 11.7 Å². The molecule has 0 aromatic carbocycles. The molecule has 0 N–H and O–H groups in total. The van der Waals surface area contributed by atoms with Crippen molar-refractivity contribution in [2.45, 2.75) is 38.1 Å². The molecule has 1 aliphatic carbocycles. The van der Waals surface area contributed by atoms with Crippen LogP contribution in [0, 0.1) is 0 Å². The van der Waals surface area contributed by atoms with E-state index in [1.165, 1.54) is 24.1 Å². The topological polar surface area (TPSA) is 61.8 Å². The number of anilines is 1. The standard InChI is InChI=1S/C19H29N5O2/c1-22(7-8-23-9-11-26-10-6-19(23)25)16-13-24(14-16)18-12-15-4-2-3-5-17(15)20-21-18/h12,16H,2-11,13-14H2,1H3. The van der Waals surface area contributed by atoms with Crippen LogP contribution in [0.2, 0.25) is 0 Å². The Morgan fingerprint density at radius 2 is 2.04 bits per heavy atom. The normalized spacial score (nSPS) is 21.5. The van der Waals surface area contributed by atoms with E-state index < -0.39 is 0 Å². The molecule has 0 radical (unpaired) electrons. The maximum atomic E-state index is 12.0. The van der Waals surface area contributed by atoms with E-state index in [0.29, 0.717) is 32.2 Å². The summed E-state index contributed by atoms with van der Waals surface area (Å²) in [6.45, 7) is 5.60. The maximum absolute atomic E-state index is 12.0. The number of hydrogen-bond acceptors (Lipinski definition) is 6. The van der Waals surface area contributed by atoms with Crippen LogP contribution in [-0.4, -0.2) is 84.9 Å². The van der Waals surface area contributed by atoms with Gasteiger partial charge in [0.15, 0.2) is 5.82 Å². The van der Waals surface area contributed by atoms with E-state index in [-0.39, 0.29) is 5.91 Å². The lowest BCUT2D eigenvalue weighted by atomic mass is 9.96. The summed E-state index contributed by atoms with van der Waals surface area (Å²) in [5.41, 5.74) is 2.58. The average Bonchev–Trinajstić information content (AvgIpc) is 2.83. The largest absolute Gasteiger partial charge is 0.379 e. The van der Waals surface area contributed by atoms with Crippen molar-refractivity contribution < 1.29 is 9.53 Å². The van der Waals surface area contributed by atoms with Gasteiger partial charge in [-0.25, -0.2) is 0 Å². The number of aryl methyl sites for hydroxylation is 2. The smallest absolute Gasteiger partial charge is 0.225 e. The van der Waals surface area contributed by atoms with Crippen LogP contribution < -0.4 is 4.90 Å². The predicted octanol–water partition coefficient (Wildman–Crippen LogP) is 0.725. The Hall–Kier alpha value is -1.73. The van der Waals surface area contributed by atoms with E-state index in [0.717, 1.165) is 44.8 Å². The van der Waals surface area contributed by atoms with Gasteiger partial charge in [0.05, 0.1) is 25.3 Å². The van der Waals surface area contributed by atoms with Gasteiger partial charge >= 0.3 is 0 Å². The second-order valence-electron chi connectivity index (χ2n) is 7.66. The van der Waals surface area contributed by atoms with Crippen LogP contribution >= 0.6 is 0 Å². The first-order chi connectivity index (χ1) is 12.7. The number of amides is 1. The number of aromatic nitrogens is 2. The summed E-state index contributed by atoms with van der Waals surface area (Å²) < 4.78 is 5.39. The minimum Gasteiger partial charge on any atom is -0.379 e. The summed E-state index contributed by atoms with van der Waals surface area (Å²) >= 11 is 0. The van der Waals surface area contributed by atoms with Crippen molar-refractivity contribution in [3.8, 4) is 0 Å². The van der Waals surface area contributed by atoms with Crippen LogP contribution in [0.1, 0.15) is 30.5 Å². The number of fused-ring (bicyclic) bond motifs is 1. The summed E-state index contributed by atoms with van der Waals surface area (Å²) in [4.78, 5) is 18.7. The van der Waals surface area contributed by atoms with Crippen LogP contribution in [0.4, 0.5) is 5.82 Å². The number of likely N-dealkylation sites (N-methyl/N-ethyl adjacent to an activating group) is 1. The third-order valence-corrected chi connectivity index (χ3v) is 5.91. The highest BCUT2D eigenvalue weighted by molar-refractivity contribution is 5.76. The lowest BCUT2D eigenvalue weighted by molar-refractivity contribution is -0.130. The molecule has 4 rings (SSSR count). The summed E-state index contributed by atoms with van der Waals surface area (Å²) in [6.07, 6.45) is 5.24. The van der Waals surface area contributed by atoms with Gasteiger partial charge in [0.2, 0.25) is 5.91 Å². The monoisotopic (exact) mass is 359 g/mol. The molecule has 7 heteroatoms. The molecule has 142 valence electrons. The fraction of sp³-hybridized carbons (Fsp3) is 0.737. The molecular formula is C19H29N5O2. The number of carbonyl (C=O) groups is 1. The highest BCUT2D eigenvalue weighted by atomic mass is 16.5. The molecule has 2 aliphatic heterocycles. The first kappa shape index (κ1) is 17.7. The highest BCUT2D eigenvalue weighted by Crippen LogP contribution is 2.25. The van der Waals surface area contributed by atoms with Crippen molar-refractivity contribution in [3.63, 3.8) is 0 Å². The van der Waals surface area contributed by atoms with Gasteiger partial charge in [-0.15, -0.1) is 5.10 Å². The Morgan fingerprint density at radius 1 is 1.19 bits per heavy atom. The molecule has 7 nitrogen and oxygen atoms in total. The minimum absolute atomic E-state index is 0.218. The van der Waals surface area contributed by atoms with Gasteiger partial charge in [0.1, 0.15) is 0 Å². The zero-order chi connectivity index (χ0) is 17.9.